The molecule has 0 heterocycles. The molecule has 0 aliphatic rings. The third-order valence-electron chi connectivity index (χ3n) is 2.14. The summed E-state index contributed by atoms with van der Waals surface area (Å²) in [5.74, 6) is 0.480. The van der Waals surface area contributed by atoms with Crippen molar-refractivity contribution < 1.29 is 4.79 Å². The number of ketones is 1. The van der Waals surface area contributed by atoms with Crippen molar-refractivity contribution in [3.8, 4) is 0 Å². The zero-order valence-electron chi connectivity index (χ0n) is 8.22. The molecule has 0 bridgehead atoms. The number of Topliss-reactive ketones (excluding diaryl/α,β-unsaturated/α-hetero) is 1. The number of carbonyl (C=O) groups excluding carboxylic acids is 1. The van der Waals surface area contributed by atoms with E-state index in [1.165, 1.54) is 0 Å². The summed E-state index contributed by atoms with van der Waals surface area (Å²) in [5.41, 5.74) is 0. The van der Waals surface area contributed by atoms with Gasteiger partial charge in [0.1, 0.15) is 0 Å². The maximum atomic E-state index is 11.4. The maximum absolute atomic E-state index is 11.4. The molecular formula is C9H19NO. The molecule has 0 spiro atoms. The number of hydrogen-bond donors (Lipinski definition) is 0. The van der Waals surface area contributed by atoms with Crippen molar-refractivity contribution in [1.29, 1.82) is 0 Å². The lowest BCUT2D eigenvalue weighted by Gasteiger charge is -2.23. The minimum atomic E-state index is 0.0694. The molecule has 11 heavy (non-hydrogen) atoms. The van der Waals surface area contributed by atoms with E-state index >= 15 is 0 Å². The average Bonchev–Trinajstić information content (AvgIpc) is 2.00. The van der Waals surface area contributed by atoms with E-state index in [1.807, 2.05) is 27.8 Å². The van der Waals surface area contributed by atoms with Gasteiger partial charge in [0.15, 0.2) is 5.78 Å². The first-order chi connectivity index (χ1) is 5.00. The summed E-state index contributed by atoms with van der Waals surface area (Å²) in [4.78, 5) is 13.5. The van der Waals surface area contributed by atoms with Crippen LogP contribution in [0.15, 0.2) is 0 Å². The van der Waals surface area contributed by atoms with E-state index in [4.69, 9.17) is 0 Å². The maximum Gasteiger partial charge on any atom is 0.152 e. The van der Waals surface area contributed by atoms with Crippen molar-refractivity contribution in [2.45, 2.75) is 33.7 Å². The molecule has 2 heteroatoms. The quantitative estimate of drug-likeness (QED) is 0.617. The standard InChI is InChI=1S/C9H19NO/c1-6-10(5)8(4)9(11)7(2)3/h7-8H,6H2,1-5H3. The molecule has 0 fully saturated rings. The zero-order chi connectivity index (χ0) is 9.02. The topological polar surface area (TPSA) is 20.3 Å². The van der Waals surface area contributed by atoms with E-state index in [0.717, 1.165) is 6.54 Å². The van der Waals surface area contributed by atoms with Crippen LogP contribution >= 0.6 is 0 Å². The summed E-state index contributed by atoms with van der Waals surface area (Å²) >= 11 is 0. The smallest absolute Gasteiger partial charge is 0.152 e. The fraction of sp³-hybridized carbons (Fsp3) is 0.889. The molecule has 0 rings (SSSR count). The Morgan fingerprint density at radius 2 is 1.82 bits per heavy atom. The van der Waals surface area contributed by atoms with Crippen molar-refractivity contribution in [1.82, 2.24) is 4.90 Å². The van der Waals surface area contributed by atoms with Crippen LogP contribution in [0.1, 0.15) is 27.7 Å². The van der Waals surface area contributed by atoms with Crippen LogP contribution in [0.2, 0.25) is 0 Å². The van der Waals surface area contributed by atoms with Crippen molar-refractivity contribution in [3.05, 3.63) is 0 Å². The van der Waals surface area contributed by atoms with Gasteiger partial charge in [-0.25, -0.2) is 0 Å². The lowest BCUT2D eigenvalue weighted by Crippen LogP contribution is -2.37. The predicted molar refractivity (Wildman–Crippen MR) is 47.6 cm³/mol. The summed E-state index contributed by atoms with van der Waals surface area (Å²) < 4.78 is 0. The van der Waals surface area contributed by atoms with E-state index in [2.05, 4.69) is 11.8 Å². The molecule has 0 saturated carbocycles. The Balaban J connectivity index is 4.02. The lowest BCUT2D eigenvalue weighted by atomic mass is 10.0. The van der Waals surface area contributed by atoms with Gasteiger partial charge < -0.3 is 0 Å². The Morgan fingerprint density at radius 3 is 2.09 bits per heavy atom. The number of carbonyl (C=O) groups is 1. The second kappa shape index (κ2) is 4.50. The van der Waals surface area contributed by atoms with E-state index in [9.17, 15) is 4.79 Å². The van der Waals surface area contributed by atoms with Crippen molar-refractivity contribution >= 4 is 5.78 Å². The monoisotopic (exact) mass is 157 g/mol. The molecule has 0 aromatic rings. The Hall–Kier alpha value is -0.370. The molecule has 0 saturated heterocycles. The molecule has 0 aromatic heterocycles. The number of likely N-dealkylation sites (N-methyl/N-ethyl adjacent to an activating group) is 1. The fourth-order valence-corrected chi connectivity index (χ4v) is 0.973. The molecular weight excluding hydrogens is 138 g/mol. The van der Waals surface area contributed by atoms with E-state index in [-0.39, 0.29) is 12.0 Å². The van der Waals surface area contributed by atoms with E-state index < -0.39 is 0 Å². The summed E-state index contributed by atoms with van der Waals surface area (Å²) in [5, 5.41) is 0. The van der Waals surface area contributed by atoms with Gasteiger partial charge in [-0.3, -0.25) is 9.69 Å². The molecule has 2 nitrogen and oxygen atoms in total. The Labute approximate surface area is 69.6 Å². The summed E-state index contributed by atoms with van der Waals surface area (Å²) in [6.45, 7) is 8.85. The molecule has 0 aliphatic heterocycles. The van der Waals surface area contributed by atoms with Crippen LogP contribution in [-0.4, -0.2) is 30.3 Å². The van der Waals surface area contributed by atoms with Crippen LogP contribution in [0.3, 0.4) is 0 Å². The third-order valence-corrected chi connectivity index (χ3v) is 2.14. The SMILES string of the molecule is CCN(C)C(C)C(=O)C(C)C. The van der Waals surface area contributed by atoms with Gasteiger partial charge >= 0.3 is 0 Å². The van der Waals surface area contributed by atoms with Crippen LogP contribution in [-0.2, 0) is 4.79 Å². The van der Waals surface area contributed by atoms with Crippen molar-refractivity contribution in [2.24, 2.45) is 5.92 Å². The highest BCUT2D eigenvalue weighted by Gasteiger charge is 2.18. The molecule has 1 atom stereocenters. The molecule has 0 radical (unpaired) electrons. The average molecular weight is 157 g/mol. The Bertz CT molecular complexity index is 132. The lowest BCUT2D eigenvalue weighted by molar-refractivity contribution is -0.126. The summed E-state index contributed by atoms with van der Waals surface area (Å²) in [6, 6.07) is 0.0694. The first-order valence-corrected chi connectivity index (χ1v) is 4.24. The van der Waals surface area contributed by atoms with Gasteiger partial charge in [0.25, 0.3) is 0 Å². The van der Waals surface area contributed by atoms with Crippen LogP contribution in [0.5, 0.6) is 0 Å². The first kappa shape index (κ1) is 10.6. The van der Waals surface area contributed by atoms with Gasteiger partial charge in [0, 0.05) is 5.92 Å². The highest BCUT2D eigenvalue weighted by atomic mass is 16.1. The van der Waals surface area contributed by atoms with Gasteiger partial charge in [0.2, 0.25) is 0 Å². The molecule has 0 aromatic carbocycles. The summed E-state index contributed by atoms with van der Waals surface area (Å²) in [6.07, 6.45) is 0. The van der Waals surface area contributed by atoms with Crippen LogP contribution in [0, 0.1) is 5.92 Å². The normalized spacial score (nSPS) is 14.1. The largest absolute Gasteiger partial charge is 0.298 e. The predicted octanol–water partition coefficient (Wildman–Crippen LogP) is 1.55. The number of nitrogens with zero attached hydrogens (tertiary/aromatic N) is 1. The third kappa shape index (κ3) is 3.02. The van der Waals surface area contributed by atoms with Crippen molar-refractivity contribution in [2.75, 3.05) is 13.6 Å². The van der Waals surface area contributed by atoms with Gasteiger partial charge in [-0.2, -0.15) is 0 Å². The second-order valence-electron chi connectivity index (χ2n) is 3.31. The summed E-state index contributed by atoms with van der Waals surface area (Å²) in [7, 11) is 1.98. The van der Waals surface area contributed by atoms with Gasteiger partial charge in [-0.1, -0.05) is 20.8 Å². The Morgan fingerprint density at radius 1 is 1.36 bits per heavy atom. The minimum Gasteiger partial charge on any atom is -0.298 e. The molecule has 66 valence electrons. The highest BCUT2D eigenvalue weighted by molar-refractivity contribution is 5.85. The van der Waals surface area contributed by atoms with Gasteiger partial charge in [-0.15, -0.1) is 0 Å². The molecule has 0 N–H and O–H groups in total. The second-order valence-corrected chi connectivity index (χ2v) is 3.31. The van der Waals surface area contributed by atoms with Crippen LogP contribution in [0.25, 0.3) is 0 Å². The molecule has 0 amide bonds. The van der Waals surface area contributed by atoms with Crippen molar-refractivity contribution in [3.63, 3.8) is 0 Å². The number of rotatable bonds is 4. The van der Waals surface area contributed by atoms with Gasteiger partial charge in [-0.05, 0) is 20.5 Å². The van der Waals surface area contributed by atoms with Crippen LogP contribution in [0.4, 0.5) is 0 Å². The number of hydrogen-bond acceptors (Lipinski definition) is 2. The molecule has 0 aliphatic carbocycles. The fourth-order valence-electron chi connectivity index (χ4n) is 0.973. The molecule has 1 unspecified atom stereocenters. The van der Waals surface area contributed by atoms with Crippen LogP contribution < -0.4 is 0 Å². The Kier molecular flexibility index (Phi) is 4.34. The minimum absolute atomic E-state index is 0.0694. The highest BCUT2D eigenvalue weighted by Crippen LogP contribution is 2.04. The first-order valence-electron chi connectivity index (χ1n) is 4.24. The van der Waals surface area contributed by atoms with E-state index in [1.54, 1.807) is 0 Å². The zero-order valence-corrected chi connectivity index (χ0v) is 8.22. The van der Waals surface area contributed by atoms with Gasteiger partial charge in [0.05, 0.1) is 6.04 Å². The van der Waals surface area contributed by atoms with E-state index in [0.29, 0.717) is 5.78 Å².